The molecule has 0 bridgehead atoms. The molecule has 0 fully saturated rings. The maximum Gasteiger partial charge on any atom is 0.125 e. The largest absolute Gasteiger partial charge is 0.384 e. The van der Waals surface area contributed by atoms with Crippen LogP contribution in [0.4, 0.5) is 5.82 Å². The van der Waals surface area contributed by atoms with Gasteiger partial charge in [0, 0.05) is 23.2 Å². The average Bonchev–Trinajstić information content (AvgIpc) is 2.59. The zero-order chi connectivity index (χ0) is 12.6. The average molecular weight is 250 g/mol. The van der Waals surface area contributed by atoms with Gasteiger partial charge < -0.3 is 5.73 Å². The number of nitrogens with two attached hydrogens (primary N) is 1. The first-order chi connectivity index (χ1) is 8.06. The van der Waals surface area contributed by atoms with Gasteiger partial charge in [0.15, 0.2) is 0 Å². The van der Waals surface area contributed by atoms with Crippen LogP contribution in [0.5, 0.6) is 0 Å². The van der Waals surface area contributed by atoms with Gasteiger partial charge in [-0.2, -0.15) is 5.10 Å². The Hall–Kier alpha value is -1.48. The molecule has 90 valence electrons. The van der Waals surface area contributed by atoms with Crippen molar-refractivity contribution in [2.75, 3.05) is 5.73 Å². The van der Waals surface area contributed by atoms with Crippen molar-refractivity contribution in [1.82, 2.24) is 9.78 Å². The summed E-state index contributed by atoms with van der Waals surface area (Å²) >= 11 is 6.14. The molecule has 1 heterocycles. The summed E-state index contributed by atoms with van der Waals surface area (Å²) in [5, 5.41) is 5.24. The first kappa shape index (κ1) is 12.0. The van der Waals surface area contributed by atoms with Gasteiger partial charge in [-0.05, 0) is 25.0 Å². The number of aromatic nitrogens is 2. The molecule has 0 saturated heterocycles. The SMILES string of the molecule is CCc1c(-c2cccc(Cl)c2C)nn(C)c1N. The molecular weight excluding hydrogens is 234 g/mol. The summed E-state index contributed by atoms with van der Waals surface area (Å²) in [4.78, 5) is 0. The first-order valence-electron chi connectivity index (χ1n) is 5.63. The topological polar surface area (TPSA) is 43.8 Å². The summed E-state index contributed by atoms with van der Waals surface area (Å²) in [7, 11) is 1.86. The highest BCUT2D eigenvalue weighted by molar-refractivity contribution is 6.31. The van der Waals surface area contributed by atoms with Gasteiger partial charge in [-0.3, -0.25) is 4.68 Å². The van der Waals surface area contributed by atoms with Crippen LogP contribution in [-0.2, 0) is 13.5 Å². The zero-order valence-corrected chi connectivity index (χ0v) is 11.0. The molecule has 2 N–H and O–H groups in total. The van der Waals surface area contributed by atoms with Crippen LogP contribution in [0, 0.1) is 6.92 Å². The van der Waals surface area contributed by atoms with Crippen LogP contribution in [0.2, 0.25) is 5.02 Å². The number of hydrogen-bond donors (Lipinski definition) is 1. The molecule has 3 nitrogen and oxygen atoms in total. The fourth-order valence-electron chi connectivity index (χ4n) is 2.01. The minimum Gasteiger partial charge on any atom is -0.384 e. The van der Waals surface area contributed by atoms with Gasteiger partial charge >= 0.3 is 0 Å². The van der Waals surface area contributed by atoms with Crippen molar-refractivity contribution >= 4 is 17.4 Å². The highest BCUT2D eigenvalue weighted by atomic mass is 35.5. The van der Waals surface area contributed by atoms with Gasteiger partial charge in [0.2, 0.25) is 0 Å². The Labute approximate surface area is 106 Å². The zero-order valence-electron chi connectivity index (χ0n) is 10.3. The molecule has 0 aliphatic heterocycles. The molecule has 0 saturated carbocycles. The van der Waals surface area contributed by atoms with E-state index in [1.54, 1.807) is 4.68 Å². The molecule has 1 aromatic heterocycles. The number of nitrogen functional groups attached to an aromatic ring is 1. The number of anilines is 1. The van der Waals surface area contributed by atoms with E-state index < -0.39 is 0 Å². The van der Waals surface area contributed by atoms with E-state index >= 15 is 0 Å². The first-order valence-corrected chi connectivity index (χ1v) is 6.00. The van der Waals surface area contributed by atoms with Crippen molar-refractivity contribution in [1.29, 1.82) is 0 Å². The molecule has 0 amide bonds. The van der Waals surface area contributed by atoms with E-state index in [9.17, 15) is 0 Å². The van der Waals surface area contributed by atoms with Crippen molar-refractivity contribution in [2.24, 2.45) is 7.05 Å². The summed E-state index contributed by atoms with van der Waals surface area (Å²) in [5.74, 6) is 0.724. The monoisotopic (exact) mass is 249 g/mol. The second-order valence-corrected chi connectivity index (χ2v) is 4.51. The molecular formula is C13H16ClN3. The van der Waals surface area contributed by atoms with E-state index in [-0.39, 0.29) is 0 Å². The van der Waals surface area contributed by atoms with Crippen molar-refractivity contribution in [3.63, 3.8) is 0 Å². The Morgan fingerprint density at radius 3 is 2.76 bits per heavy atom. The molecule has 2 aromatic rings. The van der Waals surface area contributed by atoms with Gasteiger partial charge in [0.05, 0.1) is 5.69 Å². The number of halogens is 1. The van der Waals surface area contributed by atoms with E-state index in [1.807, 2.05) is 32.2 Å². The molecule has 17 heavy (non-hydrogen) atoms. The second-order valence-electron chi connectivity index (χ2n) is 4.10. The summed E-state index contributed by atoms with van der Waals surface area (Å²) in [5.41, 5.74) is 10.1. The molecule has 2 rings (SSSR count). The van der Waals surface area contributed by atoms with E-state index in [0.29, 0.717) is 0 Å². The fraction of sp³-hybridized carbons (Fsp3) is 0.308. The molecule has 0 atom stereocenters. The lowest BCUT2D eigenvalue weighted by molar-refractivity contribution is 0.781. The van der Waals surface area contributed by atoms with Crippen LogP contribution in [-0.4, -0.2) is 9.78 Å². The number of nitrogens with zero attached hydrogens (tertiary/aromatic N) is 2. The van der Waals surface area contributed by atoms with E-state index in [4.69, 9.17) is 17.3 Å². The minimum absolute atomic E-state index is 0.724. The summed E-state index contributed by atoms with van der Waals surface area (Å²) in [6.07, 6.45) is 0.862. The molecule has 1 aromatic carbocycles. The van der Waals surface area contributed by atoms with Gasteiger partial charge in [0.25, 0.3) is 0 Å². The van der Waals surface area contributed by atoms with Crippen molar-refractivity contribution in [3.8, 4) is 11.3 Å². The summed E-state index contributed by atoms with van der Waals surface area (Å²) in [6.45, 7) is 4.08. The second kappa shape index (κ2) is 4.41. The van der Waals surface area contributed by atoms with Gasteiger partial charge in [-0.25, -0.2) is 0 Å². The Morgan fingerprint density at radius 1 is 1.41 bits per heavy atom. The molecule has 0 unspecified atom stereocenters. The lowest BCUT2D eigenvalue weighted by Gasteiger charge is -2.06. The van der Waals surface area contributed by atoms with Crippen LogP contribution in [0.1, 0.15) is 18.1 Å². The van der Waals surface area contributed by atoms with E-state index in [1.165, 1.54) is 0 Å². The Bertz CT molecular complexity index is 558. The van der Waals surface area contributed by atoms with Gasteiger partial charge in [-0.1, -0.05) is 30.7 Å². The van der Waals surface area contributed by atoms with Crippen LogP contribution < -0.4 is 5.73 Å². The predicted molar refractivity (Wildman–Crippen MR) is 72.2 cm³/mol. The third-order valence-electron chi connectivity index (χ3n) is 3.07. The standard InChI is InChI=1S/C13H16ClN3/c1-4-9-12(16-17(3)13(9)15)10-6-5-7-11(14)8(10)2/h5-7H,4,15H2,1-3H3. The van der Waals surface area contributed by atoms with Crippen LogP contribution >= 0.6 is 11.6 Å². The quantitative estimate of drug-likeness (QED) is 0.888. The van der Waals surface area contributed by atoms with Crippen LogP contribution in [0.15, 0.2) is 18.2 Å². The lowest BCUT2D eigenvalue weighted by Crippen LogP contribution is -1.98. The van der Waals surface area contributed by atoms with Crippen LogP contribution in [0.3, 0.4) is 0 Å². The Morgan fingerprint density at radius 2 is 2.12 bits per heavy atom. The van der Waals surface area contributed by atoms with Crippen molar-refractivity contribution in [2.45, 2.75) is 20.3 Å². The summed E-state index contributed by atoms with van der Waals surface area (Å²) < 4.78 is 1.72. The van der Waals surface area contributed by atoms with E-state index in [2.05, 4.69) is 12.0 Å². The smallest absolute Gasteiger partial charge is 0.125 e. The number of hydrogen-bond acceptors (Lipinski definition) is 2. The Balaban J connectivity index is 2.68. The third-order valence-corrected chi connectivity index (χ3v) is 3.48. The normalized spacial score (nSPS) is 10.8. The molecule has 0 aliphatic rings. The summed E-state index contributed by atoms with van der Waals surface area (Å²) in [6, 6.07) is 5.86. The number of rotatable bonds is 2. The number of aryl methyl sites for hydroxylation is 1. The maximum atomic E-state index is 6.14. The Kier molecular flexibility index (Phi) is 3.11. The maximum absolute atomic E-state index is 6.14. The molecule has 4 heteroatoms. The van der Waals surface area contributed by atoms with Gasteiger partial charge in [0.1, 0.15) is 5.82 Å². The van der Waals surface area contributed by atoms with Crippen molar-refractivity contribution in [3.05, 3.63) is 34.3 Å². The van der Waals surface area contributed by atoms with Crippen molar-refractivity contribution < 1.29 is 0 Å². The highest BCUT2D eigenvalue weighted by Gasteiger charge is 2.16. The predicted octanol–water partition coefficient (Wildman–Crippen LogP) is 3.19. The van der Waals surface area contributed by atoms with Crippen LogP contribution in [0.25, 0.3) is 11.3 Å². The highest BCUT2D eigenvalue weighted by Crippen LogP contribution is 2.32. The minimum atomic E-state index is 0.724. The molecule has 0 aliphatic carbocycles. The third kappa shape index (κ3) is 1.91. The number of benzene rings is 1. The fourth-order valence-corrected chi connectivity index (χ4v) is 2.18. The molecule has 0 radical (unpaired) electrons. The van der Waals surface area contributed by atoms with E-state index in [0.717, 1.165) is 39.6 Å². The molecule has 0 spiro atoms. The van der Waals surface area contributed by atoms with Gasteiger partial charge in [-0.15, -0.1) is 0 Å². The lowest BCUT2D eigenvalue weighted by atomic mass is 10.0.